The third-order valence-electron chi connectivity index (χ3n) is 6.61. The van der Waals surface area contributed by atoms with Crippen LogP contribution in [0.2, 0.25) is 0 Å². The molecular weight excluding hydrogens is 474 g/mol. The summed E-state index contributed by atoms with van der Waals surface area (Å²) >= 11 is 0. The second-order valence-corrected chi connectivity index (χ2v) is 9.39. The summed E-state index contributed by atoms with van der Waals surface area (Å²) in [6, 6.07) is 15.6. The van der Waals surface area contributed by atoms with Gasteiger partial charge in [-0.15, -0.1) is 0 Å². The van der Waals surface area contributed by atoms with E-state index in [0.29, 0.717) is 17.8 Å². The molecule has 5 rings (SSSR count). The lowest BCUT2D eigenvalue weighted by Crippen LogP contribution is -2.09. The summed E-state index contributed by atoms with van der Waals surface area (Å²) < 4.78 is 9.00. The molecule has 0 radical (unpaired) electrons. The maximum Gasteiger partial charge on any atom is 0.340 e. The molecule has 7 nitrogen and oxygen atoms in total. The number of esters is 1. The first-order chi connectivity index (χ1) is 18.4. The molecule has 0 saturated carbocycles. The van der Waals surface area contributed by atoms with E-state index in [1.165, 1.54) is 7.11 Å². The lowest BCUT2D eigenvalue weighted by molar-refractivity contribution is 0.0600. The number of pyridine rings is 1. The highest BCUT2D eigenvalue weighted by Gasteiger charge is 2.19. The number of aryl methyl sites for hydroxylation is 3. The van der Waals surface area contributed by atoms with Crippen LogP contribution in [0, 0.1) is 25.7 Å². The molecule has 0 fully saturated rings. The first-order valence-electron chi connectivity index (χ1n) is 13.0. The van der Waals surface area contributed by atoms with Gasteiger partial charge in [0, 0.05) is 23.9 Å². The van der Waals surface area contributed by atoms with E-state index in [9.17, 15) is 4.79 Å². The molecule has 0 spiro atoms. The molecule has 2 aromatic carbocycles. The SMILES string of the molecule is CCCC#Cc1c2cc(Cn3c(CC)nc4c(C)cc(C)nc43)ccc2nn1-c1ccccc1C(=O)OC. The maximum absolute atomic E-state index is 12.5. The number of methoxy groups -OCH3 is 1. The minimum absolute atomic E-state index is 0.412. The number of carbonyl (C=O) groups excluding carboxylic acids is 1. The number of ether oxygens (including phenoxy) is 1. The molecule has 0 N–H and O–H groups in total. The van der Waals surface area contributed by atoms with Crippen LogP contribution in [0.5, 0.6) is 0 Å². The average molecular weight is 506 g/mol. The highest BCUT2D eigenvalue weighted by atomic mass is 16.5. The van der Waals surface area contributed by atoms with Gasteiger partial charge in [0.2, 0.25) is 0 Å². The number of carbonyl (C=O) groups is 1. The predicted molar refractivity (Wildman–Crippen MR) is 150 cm³/mol. The summed E-state index contributed by atoms with van der Waals surface area (Å²) in [5.74, 6) is 7.20. The summed E-state index contributed by atoms with van der Waals surface area (Å²) in [4.78, 5) is 22.2. The lowest BCUT2D eigenvalue weighted by atomic mass is 10.1. The van der Waals surface area contributed by atoms with Gasteiger partial charge in [-0.3, -0.25) is 0 Å². The van der Waals surface area contributed by atoms with E-state index in [1.807, 2.05) is 31.2 Å². The van der Waals surface area contributed by atoms with Crippen LogP contribution in [0.15, 0.2) is 48.5 Å². The van der Waals surface area contributed by atoms with Gasteiger partial charge in [0.05, 0.1) is 30.4 Å². The monoisotopic (exact) mass is 505 g/mol. The number of benzene rings is 2. The minimum Gasteiger partial charge on any atom is -0.465 e. The van der Waals surface area contributed by atoms with Crippen LogP contribution in [-0.2, 0) is 17.7 Å². The van der Waals surface area contributed by atoms with Crippen molar-refractivity contribution in [3.8, 4) is 17.5 Å². The highest BCUT2D eigenvalue weighted by molar-refractivity contribution is 5.94. The first-order valence-corrected chi connectivity index (χ1v) is 13.0. The van der Waals surface area contributed by atoms with Gasteiger partial charge in [0.15, 0.2) is 5.65 Å². The van der Waals surface area contributed by atoms with Crippen LogP contribution in [-0.4, -0.2) is 37.4 Å². The maximum atomic E-state index is 12.5. The average Bonchev–Trinajstić information content (AvgIpc) is 3.46. The summed E-state index contributed by atoms with van der Waals surface area (Å²) in [5.41, 5.74) is 7.72. The molecule has 3 heterocycles. The summed E-state index contributed by atoms with van der Waals surface area (Å²) in [6.07, 6.45) is 2.55. The Kier molecular flexibility index (Phi) is 6.97. The van der Waals surface area contributed by atoms with E-state index in [1.54, 1.807) is 10.7 Å². The molecule has 0 unspecified atom stereocenters. The van der Waals surface area contributed by atoms with Gasteiger partial charge in [-0.1, -0.05) is 38.0 Å². The number of hydrogen-bond donors (Lipinski definition) is 0. The van der Waals surface area contributed by atoms with Crippen LogP contribution in [0.3, 0.4) is 0 Å². The fourth-order valence-electron chi connectivity index (χ4n) is 4.80. The van der Waals surface area contributed by atoms with Crippen molar-refractivity contribution in [2.24, 2.45) is 0 Å². The van der Waals surface area contributed by atoms with Crippen molar-refractivity contribution in [1.29, 1.82) is 0 Å². The molecule has 38 heavy (non-hydrogen) atoms. The zero-order valence-electron chi connectivity index (χ0n) is 22.5. The Morgan fingerprint density at radius 1 is 1.05 bits per heavy atom. The molecule has 7 heteroatoms. The van der Waals surface area contributed by atoms with Gasteiger partial charge < -0.3 is 9.30 Å². The van der Waals surface area contributed by atoms with Crippen LogP contribution < -0.4 is 0 Å². The minimum atomic E-state index is -0.412. The number of hydrogen-bond acceptors (Lipinski definition) is 5. The van der Waals surface area contributed by atoms with Gasteiger partial charge in [-0.05, 0) is 67.6 Å². The molecule has 0 bridgehead atoms. The van der Waals surface area contributed by atoms with E-state index in [4.69, 9.17) is 19.8 Å². The van der Waals surface area contributed by atoms with E-state index in [-0.39, 0.29) is 0 Å². The van der Waals surface area contributed by atoms with Crippen molar-refractivity contribution in [1.82, 2.24) is 24.3 Å². The Balaban J connectivity index is 1.67. The molecule has 192 valence electrons. The normalized spacial score (nSPS) is 11.1. The molecule has 5 aromatic rings. The third kappa shape index (κ3) is 4.54. The van der Waals surface area contributed by atoms with Crippen LogP contribution >= 0.6 is 0 Å². The van der Waals surface area contributed by atoms with Crippen molar-refractivity contribution < 1.29 is 9.53 Å². The molecule has 3 aromatic heterocycles. The van der Waals surface area contributed by atoms with Gasteiger partial charge in [0.1, 0.15) is 17.0 Å². The second kappa shape index (κ2) is 10.5. The van der Waals surface area contributed by atoms with Crippen molar-refractivity contribution in [2.75, 3.05) is 7.11 Å². The third-order valence-corrected chi connectivity index (χ3v) is 6.61. The van der Waals surface area contributed by atoms with Crippen molar-refractivity contribution >= 4 is 28.0 Å². The fraction of sp³-hybridized carbons (Fsp3) is 0.290. The lowest BCUT2D eigenvalue weighted by Gasteiger charge is -2.09. The zero-order valence-corrected chi connectivity index (χ0v) is 22.5. The molecule has 0 saturated heterocycles. The van der Waals surface area contributed by atoms with Crippen molar-refractivity contribution in [3.05, 3.63) is 82.4 Å². The molecule has 0 amide bonds. The Morgan fingerprint density at radius 3 is 2.63 bits per heavy atom. The number of imidazole rings is 1. The highest BCUT2D eigenvalue weighted by Crippen LogP contribution is 2.27. The largest absolute Gasteiger partial charge is 0.465 e. The molecule has 0 atom stereocenters. The number of unbranched alkanes of at least 4 members (excludes halogenated alkanes) is 1. The standard InChI is InChI=1S/C31H31N5O2/c1-6-8-9-13-27-24-18-22(19-35-28(7-2)33-29-20(3)17-21(4)32-30(29)35)15-16-25(24)34-36(27)26-14-11-10-12-23(26)31(37)38-5/h10-12,14-18H,6-8,19H2,1-5H3. The smallest absolute Gasteiger partial charge is 0.340 e. The van der Waals surface area contributed by atoms with Crippen molar-refractivity contribution in [2.45, 2.75) is 53.5 Å². The summed E-state index contributed by atoms with van der Waals surface area (Å²) in [7, 11) is 1.38. The van der Waals surface area contributed by atoms with E-state index in [2.05, 4.69) is 55.4 Å². The quantitative estimate of drug-likeness (QED) is 0.211. The molecule has 0 aliphatic rings. The van der Waals surface area contributed by atoms with E-state index in [0.717, 1.165) is 69.7 Å². The second-order valence-electron chi connectivity index (χ2n) is 9.39. The van der Waals surface area contributed by atoms with E-state index < -0.39 is 5.97 Å². The zero-order chi connectivity index (χ0) is 26.8. The molecular formula is C31H31N5O2. The Bertz CT molecular complexity index is 1730. The molecule has 0 aliphatic carbocycles. The van der Waals surface area contributed by atoms with Gasteiger partial charge in [-0.25, -0.2) is 19.4 Å². The topological polar surface area (TPSA) is 74.8 Å². The summed E-state index contributed by atoms with van der Waals surface area (Å²) in [5, 5.41) is 5.80. The van der Waals surface area contributed by atoms with Crippen molar-refractivity contribution in [3.63, 3.8) is 0 Å². The first kappa shape index (κ1) is 25.2. The van der Waals surface area contributed by atoms with Gasteiger partial charge >= 0.3 is 5.97 Å². The number of aromatic nitrogens is 5. The Labute approximate surface area is 222 Å². The summed E-state index contributed by atoms with van der Waals surface area (Å²) in [6.45, 7) is 8.96. The van der Waals surface area contributed by atoms with Crippen LogP contribution in [0.4, 0.5) is 0 Å². The number of para-hydroxylation sites is 1. The number of fused-ring (bicyclic) bond motifs is 2. The molecule has 0 aliphatic heterocycles. The van der Waals surface area contributed by atoms with Crippen LogP contribution in [0.25, 0.3) is 27.8 Å². The van der Waals surface area contributed by atoms with E-state index >= 15 is 0 Å². The van der Waals surface area contributed by atoms with Gasteiger partial charge in [-0.2, -0.15) is 5.10 Å². The fourth-order valence-corrected chi connectivity index (χ4v) is 4.80. The van der Waals surface area contributed by atoms with Crippen LogP contribution in [0.1, 0.15) is 65.4 Å². The van der Waals surface area contributed by atoms with Gasteiger partial charge in [0.25, 0.3) is 0 Å². The number of rotatable bonds is 6. The number of nitrogens with zero attached hydrogens (tertiary/aromatic N) is 5. The Hall–Kier alpha value is -4.44. The Morgan fingerprint density at radius 2 is 1.87 bits per heavy atom. The predicted octanol–water partition coefficient (Wildman–Crippen LogP) is 5.94.